The average molecular weight is 282 g/mol. The third kappa shape index (κ3) is 2.05. The minimum atomic E-state index is 0.184. The van der Waals surface area contributed by atoms with E-state index in [9.17, 15) is 0 Å². The van der Waals surface area contributed by atoms with Gasteiger partial charge in [0.05, 0.1) is 0 Å². The summed E-state index contributed by atoms with van der Waals surface area (Å²) in [7, 11) is 0. The third-order valence-electron chi connectivity index (χ3n) is 3.93. The molecule has 1 saturated carbocycles. The number of rotatable bonds is 2. The van der Waals surface area contributed by atoms with Crippen LogP contribution in [0.3, 0.4) is 0 Å². The van der Waals surface area contributed by atoms with Gasteiger partial charge in [-0.1, -0.05) is 48.0 Å². The summed E-state index contributed by atoms with van der Waals surface area (Å²) in [6.07, 6.45) is 3.67. The van der Waals surface area contributed by atoms with Gasteiger partial charge in [-0.15, -0.1) is 0 Å². The summed E-state index contributed by atoms with van der Waals surface area (Å²) in [5.74, 6) is 0. The quantitative estimate of drug-likeness (QED) is 0.876. The van der Waals surface area contributed by atoms with Crippen molar-refractivity contribution in [2.45, 2.75) is 38.5 Å². The molecule has 2 N–H and O–H groups in total. The Hall–Kier alpha value is -0.340. The van der Waals surface area contributed by atoms with Crippen LogP contribution in [0, 0.1) is 5.41 Å². The molecule has 0 saturated heterocycles. The van der Waals surface area contributed by atoms with E-state index in [1.807, 2.05) is 0 Å². The molecular formula is C14H20BrN. The fourth-order valence-electron chi connectivity index (χ4n) is 3.08. The molecule has 2 rings (SSSR count). The second-order valence-corrected chi connectivity index (χ2v) is 6.66. The van der Waals surface area contributed by atoms with Crippen LogP contribution < -0.4 is 5.73 Å². The Morgan fingerprint density at radius 3 is 2.44 bits per heavy atom. The second kappa shape index (κ2) is 4.15. The molecule has 88 valence electrons. The SMILES string of the molecule is CC1(C)CCC(CN)(c2ccccc2Br)C1. The predicted octanol–water partition coefficient (Wildman–Crippen LogP) is 3.86. The van der Waals surface area contributed by atoms with Crippen LogP contribution in [0.4, 0.5) is 0 Å². The summed E-state index contributed by atoms with van der Waals surface area (Å²) >= 11 is 3.66. The molecule has 2 heteroatoms. The van der Waals surface area contributed by atoms with E-state index < -0.39 is 0 Å². The van der Waals surface area contributed by atoms with Crippen LogP contribution in [0.1, 0.15) is 38.7 Å². The van der Waals surface area contributed by atoms with Gasteiger partial charge in [0, 0.05) is 16.4 Å². The molecule has 0 amide bonds. The molecule has 1 fully saturated rings. The molecule has 1 nitrogen and oxygen atoms in total. The molecule has 0 aliphatic heterocycles. The van der Waals surface area contributed by atoms with Crippen LogP contribution in [-0.4, -0.2) is 6.54 Å². The summed E-state index contributed by atoms with van der Waals surface area (Å²) in [5, 5.41) is 0. The Labute approximate surface area is 107 Å². The molecule has 0 radical (unpaired) electrons. The summed E-state index contributed by atoms with van der Waals surface area (Å²) in [6.45, 7) is 5.45. The van der Waals surface area contributed by atoms with Crippen molar-refractivity contribution in [3.63, 3.8) is 0 Å². The maximum atomic E-state index is 6.07. The molecule has 0 spiro atoms. The summed E-state index contributed by atoms with van der Waals surface area (Å²) in [5.41, 5.74) is 8.07. The molecule has 1 aliphatic carbocycles. The Bertz CT molecular complexity index is 386. The van der Waals surface area contributed by atoms with E-state index in [0.717, 1.165) is 6.54 Å². The zero-order valence-electron chi connectivity index (χ0n) is 10.1. The van der Waals surface area contributed by atoms with Crippen LogP contribution in [-0.2, 0) is 5.41 Å². The van der Waals surface area contributed by atoms with Crippen LogP contribution in [0.25, 0.3) is 0 Å². The van der Waals surface area contributed by atoms with Gasteiger partial charge in [-0.05, 0) is 36.3 Å². The van der Waals surface area contributed by atoms with E-state index in [2.05, 4.69) is 54.0 Å². The highest BCUT2D eigenvalue weighted by Crippen LogP contribution is 2.51. The zero-order chi connectivity index (χ0) is 11.8. The zero-order valence-corrected chi connectivity index (χ0v) is 11.7. The molecule has 0 bridgehead atoms. The smallest absolute Gasteiger partial charge is 0.0213 e. The van der Waals surface area contributed by atoms with Gasteiger partial charge in [0.15, 0.2) is 0 Å². The lowest BCUT2D eigenvalue weighted by Gasteiger charge is -2.31. The predicted molar refractivity (Wildman–Crippen MR) is 72.5 cm³/mol. The van der Waals surface area contributed by atoms with Crippen molar-refractivity contribution >= 4 is 15.9 Å². The molecule has 0 aromatic heterocycles. The van der Waals surface area contributed by atoms with Crippen LogP contribution in [0.15, 0.2) is 28.7 Å². The van der Waals surface area contributed by atoms with Gasteiger partial charge >= 0.3 is 0 Å². The Balaban J connectivity index is 2.41. The largest absolute Gasteiger partial charge is 0.330 e. The highest BCUT2D eigenvalue weighted by Gasteiger charge is 2.44. The van der Waals surface area contributed by atoms with E-state index in [1.54, 1.807) is 0 Å². The molecule has 0 heterocycles. The van der Waals surface area contributed by atoms with Crippen molar-refractivity contribution in [1.82, 2.24) is 0 Å². The molecule has 1 aromatic rings. The van der Waals surface area contributed by atoms with Crippen molar-refractivity contribution < 1.29 is 0 Å². The lowest BCUT2D eigenvalue weighted by atomic mass is 9.76. The first-order valence-electron chi connectivity index (χ1n) is 5.94. The van der Waals surface area contributed by atoms with E-state index in [0.29, 0.717) is 5.41 Å². The average Bonchev–Trinajstić information content (AvgIpc) is 2.56. The van der Waals surface area contributed by atoms with Crippen LogP contribution in [0.5, 0.6) is 0 Å². The lowest BCUT2D eigenvalue weighted by Crippen LogP contribution is -2.33. The maximum Gasteiger partial charge on any atom is 0.0213 e. The molecule has 16 heavy (non-hydrogen) atoms. The van der Waals surface area contributed by atoms with E-state index in [1.165, 1.54) is 29.3 Å². The van der Waals surface area contributed by atoms with Crippen molar-refractivity contribution in [2.75, 3.05) is 6.54 Å². The van der Waals surface area contributed by atoms with E-state index in [-0.39, 0.29) is 5.41 Å². The first kappa shape index (κ1) is 12.1. The molecule has 1 unspecified atom stereocenters. The molecular weight excluding hydrogens is 262 g/mol. The highest BCUT2D eigenvalue weighted by molar-refractivity contribution is 9.10. The number of nitrogens with two attached hydrogens (primary N) is 1. The van der Waals surface area contributed by atoms with Crippen molar-refractivity contribution in [3.8, 4) is 0 Å². The summed E-state index contributed by atoms with van der Waals surface area (Å²) < 4.78 is 1.21. The van der Waals surface area contributed by atoms with E-state index >= 15 is 0 Å². The molecule has 1 aliphatic rings. The standard InChI is InChI=1S/C14H20BrN/c1-13(2)7-8-14(9-13,10-16)11-5-3-4-6-12(11)15/h3-6H,7-10,16H2,1-2H3. The van der Waals surface area contributed by atoms with Crippen LogP contribution >= 0.6 is 15.9 Å². The summed E-state index contributed by atoms with van der Waals surface area (Å²) in [4.78, 5) is 0. The number of hydrogen-bond acceptors (Lipinski definition) is 1. The molecule has 1 atom stereocenters. The fourth-order valence-corrected chi connectivity index (χ4v) is 3.78. The van der Waals surface area contributed by atoms with Crippen molar-refractivity contribution in [2.24, 2.45) is 11.1 Å². The Kier molecular flexibility index (Phi) is 3.15. The minimum absolute atomic E-state index is 0.184. The van der Waals surface area contributed by atoms with Gasteiger partial charge in [-0.25, -0.2) is 0 Å². The monoisotopic (exact) mass is 281 g/mol. The van der Waals surface area contributed by atoms with Gasteiger partial charge in [-0.3, -0.25) is 0 Å². The maximum absolute atomic E-state index is 6.07. The number of halogens is 1. The summed E-state index contributed by atoms with van der Waals surface area (Å²) in [6, 6.07) is 8.52. The lowest BCUT2D eigenvalue weighted by molar-refractivity contribution is 0.338. The number of hydrogen-bond donors (Lipinski definition) is 1. The van der Waals surface area contributed by atoms with Gasteiger partial charge in [0.2, 0.25) is 0 Å². The number of benzene rings is 1. The van der Waals surface area contributed by atoms with Crippen LogP contribution in [0.2, 0.25) is 0 Å². The van der Waals surface area contributed by atoms with Crippen molar-refractivity contribution in [3.05, 3.63) is 34.3 Å². The first-order valence-corrected chi connectivity index (χ1v) is 6.74. The normalized spacial score (nSPS) is 28.2. The topological polar surface area (TPSA) is 26.0 Å². The molecule has 1 aromatic carbocycles. The third-order valence-corrected chi connectivity index (χ3v) is 4.62. The highest BCUT2D eigenvalue weighted by atomic mass is 79.9. The first-order chi connectivity index (χ1) is 7.49. The second-order valence-electron chi connectivity index (χ2n) is 5.81. The van der Waals surface area contributed by atoms with Gasteiger partial charge < -0.3 is 5.73 Å². The fraction of sp³-hybridized carbons (Fsp3) is 0.571. The minimum Gasteiger partial charge on any atom is -0.330 e. The van der Waals surface area contributed by atoms with Gasteiger partial charge in [0.25, 0.3) is 0 Å². The Morgan fingerprint density at radius 1 is 1.25 bits per heavy atom. The van der Waals surface area contributed by atoms with E-state index in [4.69, 9.17) is 5.73 Å². The van der Waals surface area contributed by atoms with Gasteiger partial charge in [-0.2, -0.15) is 0 Å². The van der Waals surface area contributed by atoms with Gasteiger partial charge in [0.1, 0.15) is 0 Å². The van der Waals surface area contributed by atoms with Crippen molar-refractivity contribution in [1.29, 1.82) is 0 Å². The Morgan fingerprint density at radius 2 is 1.94 bits per heavy atom.